The van der Waals surface area contributed by atoms with Crippen molar-refractivity contribution in [3.63, 3.8) is 0 Å². The number of carbonyl (C=O) groups is 2. The van der Waals surface area contributed by atoms with Crippen molar-refractivity contribution >= 4 is 11.8 Å². The molecule has 5 rings (SSSR count). The normalized spacial score (nSPS) is 30.8. The Kier molecular flexibility index (Phi) is 5.11. The van der Waals surface area contributed by atoms with Gasteiger partial charge in [-0.15, -0.1) is 0 Å². The quantitative estimate of drug-likeness (QED) is 0.725. The fraction of sp³-hybridized carbons (Fsp3) is 0.636. The molecule has 0 atom stereocenters. The van der Waals surface area contributed by atoms with Crippen LogP contribution < -0.4 is 15.4 Å². The largest absolute Gasteiger partial charge is 0.492 e. The summed E-state index contributed by atoms with van der Waals surface area (Å²) in [4.78, 5) is 24.9. The van der Waals surface area contributed by atoms with E-state index in [-0.39, 0.29) is 23.8 Å². The molecule has 0 spiro atoms. The minimum Gasteiger partial charge on any atom is -0.492 e. The summed E-state index contributed by atoms with van der Waals surface area (Å²) in [5.41, 5.74) is 0.995. The topological polar surface area (TPSA) is 67.4 Å². The third-order valence-corrected chi connectivity index (χ3v) is 6.64. The molecule has 4 saturated carbocycles. The predicted molar refractivity (Wildman–Crippen MR) is 103 cm³/mol. The van der Waals surface area contributed by atoms with Crippen molar-refractivity contribution < 1.29 is 14.3 Å². The zero-order valence-electron chi connectivity index (χ0n) is 16.1. The number of amides is 2. The van der Waals surface area contributed by atoms with E-state index in [0.717, 1.165) is 42.8 Å². The average Bonchev–Trinajstić information content (AvgIpc) is 2.63. The summed E-state index contributed by atoms with van der Waals surface area (Å²) in [6.45, 7) is 2.94. The van der Waals surface area contributed by atoms with Gasteiger partial charge in [-0.25, -0.2) is 0 Å². The Morgan fingerprint density at radius 3 is 2.19 bits per heavy atom. The summed E-state index contributed by atoms with van der Waals surface area (Å²) in [5.74, 6) is 2.94. The van der Waals surface area contributed by atoms with E-state index in [1.807, 2.05) is 31.2 Å². The Hall–Kier alpha value is -2.04. The lowest BCUT2D eigenvalue weighted by Gasteiger charge is -2.55. The Morgan fingerprint density at radius 1 is 1.00 bits per heavy atom. The standard InChI is InChI=1S/C22H30N2O3/c1-15-2-4-19(5-3-15)27-7-6-23-20(25)14-24-21(26)22-11-16-8-17(12-22)10-18(9-16)13-22/h2-5,16-18H,6-14H2,1H3,(H,23,25)(H,24,26). The first-order valence-electron chi connectivity index (χ1n) is 10.3. The van der Waals surface area contributed by atoms with Gasteiger partial charge >= 0.3 is 0 Å². The molecule has 0 heterocycles. The lowest BCUT2D eigenvalue weighted by Crippen LogP contribution is -2.54. The Labute approximate surface area is 161 Å². The van der Waals surface area contributed by atoms with E-state index in [1.165, 1.54) is 24.8 Å². The minimum atomic E-state index is -0.191. The minimum absolute atomic E-state index is 0.0606. The second-order valence-electron chi connectivity index (χ2n) is 8.89. The van der Waals surface area contributed by atoms with Crippen LogP contribution in [0.5, 0.6) is 5.75 Å². The van der Waals surface area contributed by atoms with E-state index in [4.69, 9.17) is 4.74 Å². The zero-order chi connectivity index (χ0) is 18.9. The highest BCUT2D eigenvalue weighted by molar-refractivity contribution is 5.88. The summed E-state index contributed by atoms with van der Waals surface area (Å²) in [6.07, 6.45) is 7.01. The Morgan fingerprint density at radius 2 is 1.59 bits per heavy atom. The molecule has 4 fully saturated rings. The molecular formula is C22H30N2O3. The number of benzene rings is 1. The molecule has 5 nitrogen and oxygen atoms in total. The first-order chi connectivity index (χ1) is 13.0. The van der Waals surface area contributed by atoms with Gasteiger partial charge in [-0.2, -0.15) is 0 Å². The maximum Gasteiger partial charge on any atom is 0.239 e. The van der Waals surface area contributed by atoms with Crippen LogP contribution in [0.2, 0.25) is 0 Å². The molecule has 4 bridgehead atoms. The van der Waals surface area contributed by atoms with Gasteiger partial charge < -0.3 is 15.4 Å². The van der Waals surface area contributed by atoms with Gasteiger partial charge in [-0.1, -0.05) is 17.7 Å². The number of nitrogens with one attached hydrogen (secondary N) is 2. The van der Waals surface area contributed by atoms with E-state index in [2.05, 4.69) is 10.6 Å². The van der Waals surface area contributed by atoms with Gasteiger partial charge in [0, 0.05) is 5.41 Å². The molecule has 0 saturated heterocycles. The van der Waals surface area contributed by atoms with Crippen LogP contribution in [0.15, 0.2) is 24.3 Å². The van der Waals surface area contributed by atoms with Gasteiger partial charge in [-0.05, 0) is 75.3 Å². The van der Waals surface area contributed by atoms with Crippen molar-refractivity contribution in [1.29, 1.82) is 0 Å². The molecule has 5 heteroatoms. The van der Waals surface area contributed by atoms with Crippen LogP contribution in [0.1, 0.15) is 44.1 Å². The van der Waals surface area contributed by atoms with E-state index in [1.54, 1.807) is 0 Å². The second-order valence-corrected chi connectivity index (χ2v) is 8.89. The number of aryl methyl sites for hydroxylation is 1. The highest BCUT2D eigenvalue weighted by Crippen LogP contribution is 2.60. The lowest BCUT2D eigenvalue weighted by atomic mass is 9.49. The molecule has 4 aliphatic rings. The molecule has 2 N–H and O–H groups in total. The zero-order valence-corrected chi connectivity index (χ0v) is 16.1. The van der Waals surface area contributed by atoms with Crippen molar-refractivity contribution in [3.05, 3.63) is 29.8 Å². The molecular weight excluding hydrogens is 340 g/mol. The fourth-order valence-electron chi connectivity index (χ4n) is 5.79. The summed E-state index contributed by atoms with van der Waals surface area (Å²) in [6, 6.07) is 7.83. The van der Waals surface area contributed by atoms with E-state index < -0.39 is 0 Å². The Balaban J connectivity index is 1.17. The SMILES string of the molecule is Cc1ccc(OCCNC(=O)CNC(=O)C23CC4CC(CC(C4)C2)C3)cc1. The van der Waals surface area contributed by atoms with Crippen molar-refractivity contribution in [2.24, 2.45) is 23.2 Å². The van der Waals surface area contributed by atoms with Crippen LogP contribution in [0.4, 0.5) is 0 Å². The highest BCUT2D eigenvalue weighted by Gasteiger charge is 2.54. The maximum absolute atomic E-state index is 12.8. The fourth-order valence-corrected chi connectivity index (χ4v) is 5.79. The molecule has 0 aliphatic heterocycles. The first kappa shape index (κ1) is 18.3. The molecule has 0 aromatic heterocycles. The van der Waals surface area contributed by atoms with Crippen molar-refractivity contribution in [2.75, 3.05) is 19.7 Å². The van der Waals surface area contributed by atoms with Gasteiger partial charge in [0.1, 0.15) is 12.4 Å². The van der Waals surface area contributed by atoms with Crippen LogP contribution in [0.3, 0.4) is 0 Å². The van der Waals surface area contributed by atoms with Gasteiger partial charge in [0.2, 0.25) is 11.8 Å². The monoisotopic (exact) mass is 370 g/mol. The molecule has 4 aliphatic carbocycles. The Bertz CT molecular complexity index is 663. The first-order valence-corrected chi connectivity index (χ1v) is 10.3. The summed E-state index contributed by atoms with van der Waals surface area (Å²) < 4.78 is 5.60. The van der Waals surface area contributed by atoms with E-state index in [0.29, 0.717) is 13.2 Å². The lowest BCUT2D eigenvalue weighted by molar-refractivity contribution is -0.147. The summed E-state index contributed by atoms with van der Waals surface area (Å²) in [7, 11) is 0. The smallest absolute Gasteiger partial charge is 0.239 e. The van der Waals surface area contributed by atoms with Crippen molar-refractivity contribution in [1.82, 2.24) is 10.6 Å². The van der Waals surface area contributed by atoms with Crippen molar-refractivity contribution in [2.45, 2.75) is 45.4 Å². The number of ether oxygens (including phenoxy) is 1. The summed E-state index contributed by atoms with van der Waals surface area (Å²) in [5, 5.41) is 5.73. The van der Waals surface area contributed by atoms with Crippen LogP contribution >= 0.6 is 0 Å². The summed E-state index contributed by atoms with van der Waals surface area (Å²) >= 11 is 0. The number of hydrogen-bond donors (Lipinski definition) is 2. The molecule has 0 unspecified atom stereocenters. The molecule has 2 amide bonds. The second kappa shape index (κ2) is 7.53. The molecule has 1 aromatic rings. The van der Waals surface area contributed by atoms with Crippen LogP contribution in [0, 0.1) is 30.1 Å². The predicted octanol–water partition coefficient (Wildman–Crippen LogP) is 2.82. The van der Waals surface area contributed by atoms with E-state index >= 15 is 0 Å². The number of rotatable bonds is 7. The van der Waals surface area contributed by atoms with Crippen LogP contribution in [-0.4, -0.2) is 31.5 Å². The molecule has 1 aromatic carbocycles. The number of hydrogen-bond acceptors (Lipinski definition) is 3. The molecule has 146 valence electrons. The van der Waals surface area contributed by atoms with Gasteiger partial charge in [0.05, 0.1) is 13.1 Å². The maximum atomic E-state index is 12.8. The van der Waals surface area contributed by atoms with Gasteiger partial charge in [-0.3, -0.25) is 9.59 Å². The molecule has 0 radical (unpaired) electrons. The van der Waals surface area contributed by atoms with Gasteiger partial charge in [0.15, 0.2) is 0 Å². The molecule has 27 heavy (non-hydrogen) atoms. The van der Waals surface area contributed by atoms with E-state index in [9.17, 15) is 9.59 Å². The third-order valence-electron chi connectivity index (χ3n) is 6.64. The number of carbonyl (C=O) groups excluding carboxylic acids is 2. The third kappa shape index (κ3) is 4.12. The van der Waals surface area contributed by atoms with Crippen LogP contribution in [0.25, 0.3) is 0 Å². The van der Waals surface area contributed by atoms with Crippen LogP contribution in [-0.2, 0) is 9.59 Å². The van der Waals surface area contributed by atoms with Gasteiger partial charge in [0.25, 0.3) is 0 Å². The average molecular weight is 370 g/mol. The van der Waals surface area contributed by atoms with Crippen molar-refractivity contribution in [3.8, 4) is 5.75 Å². The highest BCUT2D eigenvalue weighted by atomic mass is 16.5.